The Bertz CT molecular complexity index is 399. The predicted octanol–water partition coefficient (Wildman–Crippen LogP) is 1.85. The fraction of sp³-hybridized carbons (Fsp3) is 0.750. The van der Waals surface area contributed by atoms with Gasteiger partial charge in [0.05, 0.1) is 0 Å². The highest BCUT2D eigenvalue weighted by atomic mass is 16.2. The lowest BCUT2D eigenvalue weighted by Crippen LogP contribution is -2.33. The van der Waals surface area contributed by atoms with Crippen molar-refractivity contribution in [2.24, 2.45) is 5.92 Å². The third kappa shape index (κ3) is 2.84. The molecule has 1 aromatic rings. The van der Waals surface area contributed by atoms with Crippen LogP contribution in [0.5, 0.6) is 0 Å². The first-order valence-electron chi connectivity index (χ1n) is 6.29. The van der Waals surface area contributed by atoms with E-state index in [1.165, 1.54) is 6.42 Å². The number of carbonyl (C=O) groups is 1. The molecule has 2 rings (SSSR count). The first kappa shape index (κ1) is 12.1. The number of rotatable bonds is 3. The van der Waals surface area contributed by atoms with Crippen LogP contribution >= 0.6 is 0 Å². The van der Waals surface area contributed by atoms with Crippen molar-refractivity contribution >= 4 is 5.91 Å². The van der Waals surface area contributed by atoms with Gasteiger partial charge in [-0.1, -0.05) is 20.8 Å². The van der Waals surface area contributed by atoms with Crippen molar-refractivity contribution in [3.05, 3.63) is 11.6 Å². The summed E-state index contributed by atoms with van der Waals surface area (Å²) in [6.45, 7) is 6.25. The van der Waals surface area contributed by atoms with Crippen molar-refractivity contribution in [2.45, 2.75) is 52.0 Å². The van der Waals surface area contributed by atoms with E-state index in [1.807, 2.05) is 13.8 Å². The SMILES string of the molecule is CC1CCC(NC(=O)c2n[nH]c(C(C)C)n2)C1. The zero-order valence-corrected chi connectivity index (χ0v) is 10.7. The minimum Gasteiger partial charge on any atom is -0.347 e. The molecule has 5 nitrogen and oxygen atoms in total. The van der Waals surface area contributed by atoms with E-state index in [9.17, 15) is 4.79 Å². The van der Waals surface area contributed by atoms with Crippen LogP contribution in [0.1, 0.15) is 62.4 Å². The van der Waals surface area contributed by atoms with Gasteiger partial charge in [0.2, 0.25) is 5.82 Å². The molecule has 1 heterocycles. The Morgan fingerprint density at radius 2 is 2.24 bits per heavy atom. The summed E-state index contributed by atoms with van der Waals surface area (Å²) in [7, 11) is 0. The summed E-state index contributed by atoms with van der Waals surface area (Å²) in [6.07, 6.45) is 3.32. The molecule has 0 radical (unpaired) electrons. The molecule has 94 valence electrons. The molecule has 1 amide bonds. The molecule has 17 heavy (non-hydrogen) atoms. The molecule has 2 N–H and O–H groups in total. The number of aromatic amines is 1. The van der Waals surface area contributed by atoms with Crippen molar-refractivity contribution < 1.29 is 4.79 Å². The van der Waals surface area contributed by atoms with Crippen LogP contribution in [0.3, 0.4) is 0 Å². The fourth-order valence-electron chi connectivity index (χ4n) is 2.22. The van der Waals surface area contributed by atoms with Gasteiger partial charge in [-0.2, -0.15) is 0 Å². The van der Waals surface area contributed by atoms with Crippen molar-refractivity contribution in [1.82, 2.24) is 20.5 Å². The highest BCUT2D eigenvalue weighted by Crippen LogP contribution is 2.24. The van der Waals surface area contributed by atoms with Crippen LogP contribution in [-0.2, 0) is 0 Å². The Morgan fingerprint density at radius 3 is 2.76 bits per heavy atom. The number of nitrogens with one attached hydrogen (secondary N) is 2. The molecule has 5 heteroatoms. The lowest BCUT2D eigenvalue weighted by Gasteiger charge is -2.10. The van der Waals surface area contributed by atoms with Crippen LogP contribution in [0.25, 0.3) is 0 Å². The number of nitrogens with zero attached hydrogens (tertiary/aromatic N) is 2. The van der Waals surface area contributed by atoms with Crippen LogP contribution in [0.2, 0.25) is 0 Å². The normalized spacial score (nSPS) is 24.2. The Kier molecular flexibility index (Phi) is 3.45. The van der Waals surface area contributed by atoms with Gasteiger partial charge in [0.25, 0.3) is 5.91 Å². The largest absolute Gasteiger partial charge is 0.347 e. The second-order valence-corrected chi connectivity index (χ2v) is 5.29. The van der Waals surface area contributed by atoms with Crippen molar-refractivity contribution in [3.8, 4) is 0 Å². The van der Waals surface area contributed by atoms with Crippen molar-refractivity contribution in [1.29, 1.82) is 0 Å². The lowest BCUT2D eigenvalue weighted by atomic mass is 10.1. The number of H-pyrrole nitrogens is 1. The van der Waals surface area contributed by atoms with E-state index in [0.29, 0.717) is 12.0 Å². The number of amides is 1. The minimum absolute atomic E-state index is 0.160. The Labute approximate surface area is 101 Å². The summed E-state index contributed by atoms with van der Waals surface area (Å²) in [5.41, 5.74) is 0. The molecule has 1 saturated carbocycles. The number of hydrogen-bond acceptors (Lipinski definition) is 3. The van der Waals surface area contributed by atoms with E-state index >= 15 is 0 Å². The summed E-state index contributed by atoms with van der Waals surface area (Å²) in [6, 6.07) is 0.290. The second-order valence-electron chi connectivity index (χ2n) is 5.29. The zero-order valence-electron chi connectivity index (χ0n) is 10.7. The van der Waals surface area contributed by atoms with Crippen molar-refractivity contribution in [3.63, 3.8) is 0 Å². The highest BCUT2D eigenvalue weighted by molar-refractivity contribution is 5.90. The summed E-state index contributed by atoms with van der Waals surface area (Å²) >= 11 is 0. The van der Waals surface area contributed by atoms with Crippen LogP contribution in [0, 0.1) is 5.92 Å². The van der Waals surface area contributed by atoms with E-state index < -0.39 is 0 Å². The summed E-state index contributed by atoms with van der Waals surface area (Å²) in [5.74, 6) is 1.82. The van der Waals surface area contributed by atoms with Gasteiger partial charge >= 0.3 is 0 Å². The maximum atomic E-state index is 11.9. The minimum atomic E-state index is -0.160. The molecule has 2 atom stereocenters. The van der Waals surface area contributed by atoms with E-state index in [2.05, 4.69) is 27.4 Å². The van der Waals surface area contributed by atoms with Crippen LogP contribution in [-0.4, -0.2) is 27.1 Å². The highest BCUT2D eigenvalue weighted by Gasteiger charge is 2.24. The summed E-state index contributed by atoms with van der Waals surface area (Å²) in [4.78, 5) is 16.1. The monoisotopic (exact) mass is 236 g/mol. The van der Waals surface area contributed by atoms with Crippen LogP contribution < -0.4 is 5.32 Å². The van der Waals surface area contributed by atoms with E-state index in [-0.39, 0.29) is 17.6 Å². The topological polar surface area (TPSA) is 70.7 Å². The zero-order chi connectivity index (χ0) is 12.4. The number of aromatic nitrogens is 3. The molecule has 1 aliphatic carbocycles. The maximum absolute atomic E-state index is 11.9. The van der Waals surface area contributed by atoms with Crippen LogP contribution in [0.15, 0.2) is 0 Å². The third-order valence-corrected chi connectivity index (χ3v) is 3.28. The smallest absolute Gasteiger partial charge is 0.291 e. The molecule has 0 spiro atoms. The van der Waals surface area contributed by atoms with Crippen LogP contribution in [0.4, 0.5) is 0 Å². The first-order valence-corrected chi connectivity index (χ1v) is 6.29. The Morgan fingerprint density at radius 1 is 1.47 bits per heavy atom. The molecular weight excluding hydrogens is 216 g/mol. The summed E-state index contributed by atoms with van der Waals surface area (Å²) in [5, 5.41) is 9.74. The number of hydrogen-bond donors (Lipinski definition) is 2. The molecule has 1 aliphatic rings. The van der Waals surface area contributed by atoms with Crippen molar-refractivity contribution in [2.75, 3.05) is 0 Å². The third-order valence-electron chi connectivity index (χ3n) is 3.28. The predicted molar refractivity (Wildman–Crippen MR) is 64.7 cm³/mol. The first-order chi connectivity index (χ1) is 8.06. The second kappa shape index (κ2) is 4.85. The van der Waals surface area contributed by atoms with E-state index in [0.717, 1.165) is 18.7 Å². The molecule has 0 aliphatic heterocycles. The Hall–Kier alpha value is -1.39. The van der Waals surface area contributed by atoms with Gasteiger partial charge in [-0.3, -0.25) is 9.89 Å². The molecule has 1 fully saturated rings. The standard InChI is InChI=1S/C12H20N4O/c1-7(2)10-14-11(16-15-10)12(17)13-9-5-4-8(3)6-9/h7-9H,4-6H2,1-3H3,(H,13,17)(H,14,15,16). The van der Waals surface area contributed by atoms with Gasteiger partial charge in [-0.25, -0.2) is 4.98 Å². The molecule has 0 saturated heterocycles. The quantitative estimate of drug-likeness (QED) is 0.841. The van der Waals surface area contributed by atoms with E-state index in [4.69, 9.17) is 0 Å². The van der Waals surface area contributed by atoms with Gasteiger partial charge in [0.15, 0.2) is 0 Å². The molecular formula is C12H20N4O. The number of carbonyl (C=O) groups excluding carboxylic acids is 1. The maximum Gasteiger partial charge on any atom is 0.291 e. The van der Waals surface area contributed by atoms with Gasteiger partial charge < -0.3 is 5.32 Å². The van der Waals surface area contributed by atoms with E-state index in [1.54, 1.807) is 0 Å². The summed E-state index contributed by atoms with van der Waals surface area (Å²) < 4.78 is 0. The average molecular weight is 236 g/mol. The van der Waals surface area contributed by atoms with Gasteiger partial charge in [0, 0.05) is 12.0 Å². The molecule has 1 aromatic heterocycles. The van der Waals surface area contributed by atoms with Gasteiger partial charge in [-0.05, 0) is 25.2 Å². The van der Waals surface area contributed by atoms with Gasteiger partial charge in [0.1, 0.15) is 5.82 Å². The average Bonchev–Trinajstić information content (AvgIpc) is 2.86. The fourth-order valence-corrected chi connectivity index (χ4v) is 2.22. The molecule has 0 aromatic carbocycles. The van der Waals surface area contributed by atoms with Gasteiger partial charge in [-0.15, -0.1) is 5.10 Å². The Balaban J connectivity index is 1.95. The molecule has 0 bridgehead atoms. The lowest BCUT2D eigenvalue weighted by molar-refractivity contribution is 0.0927. The molecule has 2 unspecified atom stereocenters.